The van der Waals surface area contributed by atoms with Crippen LogP contribution in [0.15, 0.2) is 48.5 Å². The fraction of sp³-hybridized carbons (Fsp3) is 0.263. The third-order valence-corrected chi connectivity index (χ3v) is 4.45. The average molecular weight is 343 g/mol. The minimum atomic E-state index is -0.527. The Morgan fingerprint density at radius 1 is 1.12 bits per heavy atom. The lowest BCUT2D eigenvalue weighted by atomic mass is 10.0. The number of halogens is 1. The fourth-order valence-corrected chi connectivity index (χ4v) is 3.18. The van der Waals surface area contributed by atoms with Crippen LogP contribution in [0.25, 0.3) is 0 Å². The lowest BCUT2D eigenvalue weighted by molar-refractivity contribution is -0.122. The Balaban J connectivity index is 1.82. The SMILES string of the molecule is CC(C)C(C(=O)Nc1ccc(Cl)cc1)N1Cc2ccccc2C1=O. The molecule has 0 saturated carbocycles. The number of carbonyl (C=O) groups excluding carboxylic acids is 2. The van der Waals surface area contributed by atoms with Crippen LogP contribution in [0.3, 0.4) is 0 Å². The summed E-state index contributed by atoms with van der Waals surface area (Å²) in [6.07, 6.45) is 0. The second-order valence-electron chi connectivity index (χ2n) is 6.28. The van der Waals surface area contributed by atoms with E-state index in [1.807, 2.05) is 38.1 Å². The Bertz CT molecular complexity index is 771. The molecule has 1 unspecified atom stereocenters. The van der Waals surface area contributed by atoms with Crippen LogP contribution in [0.4, 0.5) is 5.69 Å². The second-order valence-corrected chi connectivity index (χ2v) is 6.71. The highest BCUT2D eigenvalue weighted by atomic mass is 35.5. The third kappa shape index (κ3) is 3.15. The molecule has 0 aromatic heterocycles. The molecule has 3 rings (SSSR count). The average Bonchev–Trinajstić information content (AvgIpc) is 2.87. The maximum absolute atomic E-state index is 12.8. The summed E-state index contributed by atoms with van der Waals surface area (Å²) in [7, 11) is 0. The Kier molecular flexibility index (Phi) is 4.58. The van der Waals surface area contributed by atoms with Crippen molar-refractivity contribution >= 4 is 29.1 Å². The van der Waals surface area contributed by atoms with Gasteiger partial charge >= 0.3 is 0 Å². The zero-order valence-corrected chi connectivity index (χ0v) is 14.4. The number of carbonyl (C=O) groups is 2. The highest BCUT2D eigenvalue weighted by Crippen LogP contribution is 2.27. The van der Waals surface area contributed by atoms with E-state index >= 15 is 0 Å². The Morgan fingerprint density at radius 2 is 1.79 bits per heavy atom. The lowest BCUT2D eigenvalue weighted by Gasteiger charge is -2.29. The number of rotatable bonds is 4. The molecule has 0 fully saturated rings. The van der Waals surface area contributed by atoms with Crippen LogP contribution in [-0.2, 0) is 11.3 Å². The normalized spacial score (nSPS) is 14.7. The number of hydrogen-bond donors (Lipinski definition) is 1. The van der Waals surface area contributed by atoms with Crippen LogP contribution in [0, 0.1) is 5.92 Å². The van der Waals surface area contributed by atoms with Crippen molar-refractivity contribution < 1.29 is 9.59 Å². The number of anilines is 1. The topological polar surface area (TPSA) is 49.4 Å². The molecular formula is C19H19ClN2O2. The highest BCUT2D eigenvalue weighted by Gasteiger charge is 2.37. The third-order valence-electron chi connectivity index (χ3n) is 4.20. The van der Waals surface area contributed by atoms with E-state index in [1.54, 1.807) is 29.2 Å². The van der Waals surface area contributed by atoms with Gasteiger partial charge in [0.05, 0.1) is 0 Å². The molecule has 24 heavy (non-hydrogen) atoms. The van der Waals surface area contributed by atoms with Gasteiger partial charge in [-0.25, -0.2) is 0 Å². The van der Waals surface area contributed by atoms with Gasteiger partial charge in [-0.05, 0) is 41.8 Å². The van der Waals surface area contributed by atoms with Crippen LogP contribution in [0.1, 0.15) is 29.8 Å². The van der Waals surface area contributed by atoms with Gasteiger partial charge in [-0.15, -0.1) is 0 Å². The van der Waals surface area contributed by atoms with Gasteiger partial charge in [-0.1, -0.05) is 43.6 Å². The van der Waals surface area contributed by atoms with Crippen molar-refractivity contribution in [2.45, 2.75) is 26.4 Å². The first-order valence-corrected chi connectivity index (χ1v) is 8.30. The summed E-state index contributed by atoms with van der Waals surface area (Å²) < 4.78 is 0. The van der Waals surface area contributed by atoms with Crippen LogP contribution in [0.5, 0.6) is 0 Å². The summed E-state index contributed by atoms with van der Waals surface area (Å²) in [5.41, 5.74) is 2.31. The number of nitrogens with zero attached hydrogens (tertiary/aromatic N) is 1. The molecule has 4 nitrogen and oxygen atoms in total. The molecule has 2 amide bonds. The van der Waals surface area contributed by atoms with Crippen molar-refractivity contribution in [3.05, 3.63) is 64.7 Å². The number of amides is 2. The minimum Gasteiger partial charge on any atom is -0.324 e. The molecule has 0 bridgehead atoms. The van der Waals surface area contributed by atoms with E-state index in [2.05, 4.69) is 5.32 Å². The predicted octanol–water partition coefficient (Wildman–Crippen LogP) is 3.96. The first-order chi connectivity index (χ1) is 11.5. The molecule has 5 heteroatoms. The van der Waals surface area contributed by atoms with Gasteiger partial charge in [0.15, 0.2) is 0 Å². The van der Waals surface area contributed by atoms with E-state index in [-0.39, 0.29) is 17.7 Å². The number of fused-ring (bicyclic) bond motifs is 1. The monoisotopic (exact) mass is 342 g/mol. The van der Waals surface area contributed by atoms with Crippen LogP contribution < -0.4 is 5.32 Å². The van der Waals surface area contributed by atoms with Crippen LogP contribution in [0.2, 0.25) is 5.02 Å². The van der Waals surface area contributed by atoms with E-state index in [9.17, 15) is 9.59 Å². The van der Waals surface area contributed by atoms with Crippen molar-refractivity contribution in [3.8, 4) is 0 Å². The molecule has 2 aromatic carbocycles. The minimum absolute atomic E-state index is 0.00411. The summed E-state index contributed by atoms with van der Waals surface area (Å²) in [6, 6.07) is 13.9. The van der Waals surface area contributed by atoms with E-state index < -0.39 is 6.04 Å². The second kappa shape index (κ2) is 6.65. The predicted molar refractivity (Wildman–Crippen MR) is 95.0 cm³/mol. The molecule has 0 spiro atoms. The van der Waals surface area contributed by atoms with Crippen molar-refractivity contribution in [1.82, 2.24) is 4.90 Å². The van der Waals surface area contributed by atoms with Gasteiger partial charge in [-0.2, -0.15) is 0 Å². The molecule has 1 aliphatic rings. The van der Waals surface area contributed by atoms with Crippen molar-refractivity contribution in [1.29, 1.82) is 0 Å². The molecule has 0 saturated heterocycles. The molecular weight excluding hydrogens is 324 g/mol. The van der Waals surface area contributed by atoms with Gasteiger partial charge in [0.25, 0.3) is 5.91 Å². The van der Waals surface area contributed by atoms with Crippen molar-refractivity contribution in [2.24, 2.45) is 5.92 Å². The van der Waals surface area contributed by atoms with Gasteiger partial charge in [0.2, 0.25) is 5.91 Å². The van der Waals surface area contributed by atoms with E-state index in [1.165, 1.54) is 0 Å². The Hall–Kier alpha value is -2.33. The molecule has 124 valence electrons. The van der Waals surface area contributed by atoms with Gasteiger partial charge in [0, 0.05) is 22.8 Å². The molecule has 1 heterocycles. The van der Waals surface area contributed by atoms with E-state index in [0.717, 1.165) is 5.56 Å². The number of benzene rings is 2. The summed E-state index contributed by atoms with van der Waals surface area (Å²) in [6.45, 7) is 4.36. The Morgan fingerprint density at radius 3 is 2.42 bits per heavy atom. The smallest absolute Gasteiger partial charge is 0.255 e. The standard InChI is InChI=1S/C19H19ClN2O2/c1-12(2)17(18(23)21-15-9-7-14(20)8-10-15)22-11-13-5-3-4-6-16(13)19(22)24/h3-10,12,17H,11H2,1-2H3,(H,21,23). The fourth-order valence-electron chi connectivity index (χ4n) is 3.06. The first kappa shape index (κ1) is 16.5. The first-order valence-electron chi connectivity index (χ1n) is 7.92. The molecule has 0 aliphatic carbocycles. The molecule has 1 N–H and O–H groups in total. The largest absolute Gasteiger partial charge is 0.324 e. The maximum Gasteiger partial charge on any atom is 0.255 e. The lowest BCUT2D eigenvalue weighted by Crippen LogP contribution is -2.47. The van der Waals surface area contributed by atoms with Crippen molar-refractivity contribution in [2.75, 3.05) is 5.32 Å². The molecule has 1 aliphatic heterocycles. The number of nitrogens with one attached hydrogen (secondary N) is 1. The number of hydrogen-bond acceptors (Lipinski definition) is 2. The van der Waals surface area contributed by atoms with Crippen LogP contribution >= 0.6 is 11.6 Å². The molecule has 2 aromatic rings. The van der Waals surface area contributed by atoms with Gasteiger partial charge in [-0.3, -0.25) is 9.59 Å². The summed E-state index contributed by atoms with van der Waals surface area (Å²) in [4.78, 5) is 27.1. The summed E-state index contributed by atoms with van der Waals surface area (Å²) >= 11 is 5.87. The van der Waals surface area contributed by atoms with Gasteiger partial charge in [0.1, 0.15) is 6.04 Å². The zero-order valence-electron chi connectivity index (χ0n) is 13.6. The van der Waals surface area contributed by atoms with Gasteiger partial charge < -0.3 is 10.2 Å². The highest BCUT2D eigenvalue weighted by molar-refractivity contribution is 6.30. The molecule has 0 radical (unpaired) electrons. The molecule has 1 atom stereocenters. The van der Waals surface area contributed by atoms with Crippen LogP contribution in [-0.4, -0.2) is 22.8 Å². The summed E-state index contributed by atoms with van der Waals surface area (Å²) in [5.74, 6) is -0.278. The summed E-state index contributed by atoms with van der Waals surface area (Å²) in [5, 5.41) is 3.49. The zero-order chi connectivity index (χ0) is 17.3. The Labute approximate surface area is 146 Å². The quantitative estimate of drug-likeness (QED) is 0.914. The van der Waals surface area contributed by atoms with E-state index in [0.29, 0.717) is 22.8 Å². The maximum atomic E-state index is 12.8. The van der Waals surface area contributed by atoms with E-state index in [4.69, 9.17) is 11.6 Å². The van der Waals surface area contributed by atoms with Crippen molar-refractivity contribution in [3.63, 3.8) is 0 Å².